The number of rotatable bonds is 8. The summed E-state index contributed by atoms with van der Waals surface area (Å²) in [6.45, 7) is -0.628. The van der Waals surface area contributed by atoms with Crippen LogP contribution in [0.15, 0.2) is 79.0 Å². The minimum Gasteiger partial charge on any atom is -0.448 e. The maximum atomic E-state index is 13.4. The van der Waals surface area contributed by atoms with Crippen LogP contribution >= 0.6 is 0 Å². The Kier molecular flexibility index (Phi) is 6.73. The summed E-state index contributed by atoms with van der Waals surface area (Å²) in [6, 6.07) is 17.3. The number of esters is 1. The molecule has 0 bridgehead atoms. The molecule has 0 saturated carbocycles. The van der Waals surface area contributed by atoms with Crippen molar-refractivity contribution in [3.63, 3.8) is 0 Å². The molecule has 1 aromatic heterocycles. The maximum absolute atomic E-state index is 13.4. The lowest BCUT2D eigenvalue weighted by molar-refractivity contribution is -0.384. The van der Waals surface area contributed by atoms with Crippen LogP contribution in [0.1, 0.15) is 27.6 Å². The molecule has 184 valence electrons. The number of H-pyrrole nitrogens is 1. The first kappa shape index (κ1) is 24.5. The van der Waals surface area contributed by atoms with E-state index in [2.05, 4.69) is 10.3 Å². The van der Waals surface area contributed by atoms with Gasteiger partial charge in [0.15, 0.2) is 6.10 Å². The third-order valence-corrected chi connectivity index (χ3v) is 5.39. The van der Waals surface area contributed by atoms with Crippen molar-refractivity contribution in [2.45, 2.75) is 12.3 Å². The summed E-state index contributed by atoms with van der Waals surface area (Å²) in [5.74, 6) is -1.43. The second-order valence-electron chi connectivity index (χ2n) is 7.73. The highest BCUT2D eigenvalue weighted by Crippen LogP contribution is 2.35. The molecule has 11 heteroatoms. The van der Waals surface area contributed by atoms with Gasteiger partial charge in [-0.05, 0) is 18.2 Å². The Bertz CT molecular complexity index is 1430. The Morgan fingerprint density at radius 2 is 1.72 bits per heavy atom. The van der Waals surface area contributed by atoms with Crippen LogP contribution in [0.2, 0.25) is 0 Å². The molecule has 1 atom stereocenters. The van der Waals surface area contributed by atoms with Crippen molar-refractivity contribution in [1.82, 2.24) is 4.98 Å². The molecule has 0 radical (unpaired) electrons. The number of nitro benzene ring substituents is 1. The van der Waals surface area contributed by atoms with Gasteiger partial charge in [0.05, 0.1) is 10.5 Å². The third-order valence-electron chi connectivity index (χ3n) is 5.39. The van der Waals surface area contributed by atoms with Gasteiger partial charge in [-0.3, -0.25) is 19.7 Å². The number of para-hydroxylation sites is 1. The molecule has 0 aliphatic carbocycles. The number of nitrogens with one attached hydrogen (secondary N) is 2. The first-order valence-electron chi connectivity index (χ1n) is 10.6. The van der Waals surface area contributed by atoms with E-state index in [-0.39, 0.29) is 5.69 Å². The fourth-order valence-electron chi connectivity index (χ4n) is 3.67. The van der Waals surface area contributed by atoms with Gasteiger partial charge >= 0.3 is 12.1 Å². The normalized spacial score (nSPS) is 12.2. The zero-order chi connectivity index (χ0) is 25.9. The maximum Gasteiger partial charge on any atom is 0.416 e. The van der Waals surface area contributed by atoms with Crippen LogP contribution in [0.5, 0.6) is 0 Å². The van der Waals surface area contributed by atoms with Crippen molar-refractivity contribution in [3.05, 3.63) is 106 Å². The molecule has 2 N–H and O–H groups in total. The Hall–Kier alpha value is -4.67. The number of carbonyl (C=O) groups excluding carboxylic acids is 2. The van der Waals surface area contributed by atoms with Gasteiger partial charge in [0.1, 0.15) is 12.2 Å². The number of aromatic nitrogens is 1. The smallest absolute Gasteiger partial charge is 0.416 e. The van der Waals surface area contributed by atoms with Gasteiger partial charge in [-0.1, -0.05) is 48.5 Å². The molecule has 8 nitrogen and oxygen atoms in total. The van der Waals surface area contributed by atoms with Gasteiger partial charge in [0, 0.05) is 34.3 Å². The monoisotopic (exact) mass is 497 g/mol. The highest BCUT2D eigenvalue weighted by molar-refractivity contribution is 6.10. The summed E-state index contributed by atoms with van der Waals surface area (Å²) in [7, 11) is 0. The van der Waals surface area contributed by atoms with Crippen molar-refractivity contribution in [3.8, 4) is 0 Å². The largest absolute Gasteiger partial charge is 0.448 e. The fraction of sp³-hybridized carbons (Fsp3) is 0.120. The number of fused-ring (bicyclic) bond motifs is 1. The van der Waals surface area contributed by atoms with E-state index in [0.29, 0.717) is 28.6 Å². The number of nitro groups is 1. The van der Waals surface area contributed by atoms with E-state index in [9.17, 15) is 32.9 Å². The predicted octanol–water partition coefficient (Wildman–Crippen LogP) is 5.67. The van der Waals surface area contributed by atoms with Crippen molar-refractivity contribution in [2.75, 3.05) is 11.9 Å². The first-order chi connectivity index (χ1) is 17.1. The average molecular weight is 497 g/mol. The highest BCUT2D eigenvalue weighted by Gasteiger charge is 2.33. The average Bonchev–Trinajstić information content (AvgIpc) is 3.29. The lowest BCUT2D eigenvalue weighted by atomic mass is 9.99. The Balaban J connectivity index is 1.55. The summed E-state index contributed by atoms with van der Waals surface area (Å²) in [6.07, 6.45) is -4.57. The number of hydrogen-bond acceptors (Lipinski definition) is 6. The van der Waals surface area contributed by atoms with Gasteiger partial charge in [-0.15, -0.1) is 0 Å². The number of alkyl halides is 3. The first-order valence-corrected chi connectivity index (χ1v) is 10.6. The minimum absolute atomic E-state index is 0.302. The number of halogens is 3. The molecule has 0 amide bonds. The molecule has 0 saturated heterocycles. The van der Waals surface area contributed by atoms with E-state index in [1.54, 1.807) is 54.6 Å². The summed E-state index contributed by atoms with van der Waals surface area (Å²) < 4.78 is 44.2. The van der Waals surface area contributed by atoms with E-state index < -0.39 is 46.8 Å². The lowest BCUT2D eigenvalue weighted by Crippen LogP contribution is -2.24. The topological polar surface area (TPSA) is 114 Å². The predicted molar refractivity (Wildman–Crippen MR) is 124 cm³/mol. The number of hydrogen-bond donors (Lipinski definition) is 2. The molecule has 36 heavy (non-hydrogen) atoms. The van der Waals surface area contributed by atoms with Gasteiger partial charge in [-0.2, -0.15) is 13.2 Å². The Morgan fingerprint density at radius 3 is 2.42 bits per heavy atom. The third kappa shape index (κ3) is 5.19. The number of anilines is 1. The summed E-state index contributed by atoms with van der Waals surface area (Å²) >= 11 is 0. The van der Waals surface area contributed by atoms with Crippen molar-refractivity contribution >= 4 is 34.0 Å². The number of carbonyl (C=O) groups is 2. The van der Waals surface area contributed by atoms with Crippen LogP contribution in [0, 0.1) is 10.1 Å². The molecule has 4 rings (SSSR count). The summed E-state index contributed by atoms with van der Waals surface area (Å²) in [4.78, 5) is 39.3. The van der Waals surface area contributed by atoms with Crippen molar-refractivity contribution < 1.29 is 32.4 Å². The molecule has 4 aromatic rings. The van der Waals surface area contributed by atoms with Gasteiger partial charge in [-0.25, -0.2) is 0 Å². The Morgan fingerprint density at radius 1 is 1.03 bits per heavy atom. The molecule has 0 spiro atoms. The van der Waals surface area contributed by atoms with Crippen LogP contribution in [0.4, 0.5) is 24.5 Å². The number of aromatic amines is 1. The van der Waals surface area contributed by atoms with E-state index in [4.69, 9.17) is 4.74 Å². The highest BCUT2D eigenvalue weighted by atomic mass is 19.4. The molecule has 0 fully saturated rings. The van der Waals surface area contributed by atoms with Gasteiger partial charge < -0.3 is 15.0 Å². The van der Waals surface area contributed by atoms with E-state index in [1.807, 2.05) is 0 Å². The molecular formula is C25H18F3N3O5. The number of Topliss-reactive ketones (excluding diaryl/α,β-unsaturated/α-hetero) is 1. The van der Waals surface area contributed by atoms with Crippen LogP contribution in [-0.4, -0.2) is 28.2 Å². The van der Waals surface area contributed by atoms with E-state index in [1.165, 1.54) is 6.20 Å². The molecular weight excluding hydrogens is 479 g/mol. The number of nitrogens with zero attached hydrogens (tertiary/aromatic N) is 1. The van der Waals surface area contributed by atoms with Crippen LogP contribution in [0.3, 0.4) is 0 Å². The minimum atomic E-state index is -4.77. The second kappa shape index (κ2) is 9.90. The molecule has 0 aliphatic rings. The van der Waals surface area contributed by atoms with E-state index >= 15 is 0 Å². The zero-order valence-electron chi connectivity index (χ0n) is 18.4. The number of ether oxygens (including phenoxy) is 1. The second-order valence-corrected chi connectivity index (χ2v) is 7.73. The van der Waals surface area contributed by atoms with Crippen molar-refractivity contribution in [2.24, 2.45) is 0 Å². The lowest BCUT2D eigenvalue weighted by Gasteiger charge is -2.18. The van der Waals surface area contributed by atoms with Gasteiger partial charge in [0.2, 0.25) is 5.78 Å². The standard InChI is InChI=1S/C25H18F3N3O5/c26-25(27,28)16-10-11-20(21(12-16)31(34)35)30-14-22(32)36-24(15-6-2-1-3-7-15)23(33)18-13-29-19-9-5-4-8-17(18)19/h1-13,24,29-30H,14H2. The molecule has 1 heterocycles. The molecule has 1 unspecified atom stereocenters. The number of benzene rings is 3. The van der Waals surface area contributed by atoms with Crippen LogP contribution in [0.25, 0.3) is 10.9 Å². The number of ketones is 1. The fourth-order valence-corrected chi connectivity index (χ4v) is 3.67. The quantitative estimate of drug-likeness (QED) is 0.140. The van der Waals surface area contributed by atoms with E-state index in [0.717, 1.165) is 11.6 Å². The summed E-state index contributed by atoms with van der Waals surface area (Å²) in [5.41, 5.74) is -0.928. The summed E-state index contributed by atoms with van der Waals surface area (Å²) in [5, 5.41) is 14.3. The van der Waals surface area contributed by atoms with Crippen molar-refractivity contribution in [1.29, 1.82) is 0 Å². The zero-order valence-corrected chi connectivity index (χ0v) is 18.4. The Labute approximate surface area is 201 Å². The SMILES string of the molecule is O=C(CNc1ccc(C(F)(F)F)cc1[N+](=O)[O-])OC(C(=O)c1c[nH]c2ccccc12)c1ccccc1. The molecule has 0 aliphatic heterocycles. The van der Waals surface area contributed by atoms with Crippen LogP contribution in [-0.2, 0) is 15.7 Å². The van der Waals surface area contributed by atoms with Crippen LogP contribution < -0.4 is 5.32 Å². The van der Waals surface area contributed by atoms with Gasteiger partial charge in [0.25, 0.3) is 5.69 Å². The molecule has 3 aromatic carbocycles.